The molecule has 1 atom stereocenters. The van der Waals surface area contributed by atoms with Gasteiger partial charge in [0.1, 0.15) is 6.04 Å². The standard InChI is InChI=1S/C11H21N3O3.ClH/c1-8(2)10(15)13-3-4-14-11(16)9-7-17-6-5-12-9;/h8-9,12H,3-7H2,1-2H3,(H,13,15)(H,14,16);1H. The van der Waals surface area contributed by atoms with E-state index in [1.807, 2.05) is 13.8 Å². The Balaban J connectivity index is 0.00000289. The molecule has 0 radical (unpaired) electrons. The summed E-state index contributed by atoms with van der Waals surface area (Å²) in [5.74, 6) is -0.110. The maximum Gasteiger partial charge on any atom is 0.239 e. The van der Waals surface area contributed by atoms with Crippen LogP contribution in [0.4, 0.5) is 0 Å². The zero-order valence-electron chi connectivity index (χ0n) is 10.8. The summed E-state index contributed by atoms with van der Waals surface area (Å²) in [5.41, 5.74) is 0. The van der Waals surface area contributed by atoms with Crippen molar-refractivity contribution in [1.82, 2.24) is 16.0 Å². The molecule has 1 aliphatic heterocycles. The highest BCUT2D eigenvalue weighted by molar-refractivity contribution is 5.85. The molecule has 1 unspecified atom stereocenters. The Morgan fingerprint density at radius 3 is 2.56 bits per heavy atom. The van der Waals surface area contributed by atoms with Crippen molar-refractivity contribution < 1.29 is 14.3 Å². The summed E-state index contributed by atoms with van der Waals surface area (Å²) in [7, 11) is 0. The molecule has 0 saturated carbocycles. The van der Waals surface area contributed by atoms with Crippen LogP contribution in [0.25, 0.3) is 0 Å². The molecule has 0 bridgehead atoms. The molecular weight excluding hydrogens is 258 g/mol. The highest BCUT2D eigenvalue weighted by atomic mass is 35.5. The molecule has 1 aliphatic rings. The van der Waals surface area contributed by atoms with Crippen LogP contribution >= 0.6 is 12.4 Å². The molecule has 0 aromatic rings. The molecule has 3 N–H and O–H groups in total. The molecule has 18 heavy (non-hydrogen) atoms. The third kappa shape index (κ3) is 6.18. The highest BCUT2D eigenvalue weighted by Crippen LogP contribution is 1.92. The summed E-state index contributed by atoms with van der Waals surface area (Å²) >= 11 is 0. The first-order valence-electron chi connectivity index (χ1n) is 5.98. The molecule has 6 nitrogen and oxygen atoms in total. The van der Waals surface area contributed by atoms with E-state index >= 15 is 0 Å². The zero-order valence-corrected chi connectivity index (χ0v) is 11.6. The van der Waals surface area contributed by atoms with E-state index in [2.05, 4.69) is 16.0 Å². The minimum Gasteiger partial charge on any atom is -0.378 e. The van der Waals surface area contributed by atoms with Crippen LogP contribution in [-0.4, -0.2) is 50.7 Å². The van der Waals surface area contributed by atoms with E-state index in [0.29, 0.717) is 32.8 Å². The van der Waals surface area contributed by atoms with Crippen LogP contribution < -0.4 is 16.0 Å². The second-order valence-electron chi connectivity index (χ2n) is 4.32. The van der Waals surface area contributed by atoms with Crippen molar-refractivity contribution in [3.05, 3.63) is 0 Å². The normalized spacial score (nSPS) is 18.9. The average Bonchev–Trinajstić information content (AvgIpc) is 2.35. The van der Waals surface area contributed by atoms with Gasteiger partial charge in [-0.15, -0.1) is 12.4 Å². The van der Waals surface area contributed by atoms with Crippen LogP contribution in [0.5, 0.6) is 0 Å². The molecule has 0 aliphatic carbocycles. The highest BCUT2D eigenvalue weighted by Gasteiger charge is 2.20. The molecule has 1 heterocycles. The van der Waals surface area contributed by atoms with E-state index in [4.69, 9.17) is 4.74 Å². The number of carbonyl (C=O) groups excluding carboxylic acids is 2. The van der Waals surface area contributed by atoms with Crippen LogP contribution in [0.2, 0.25) is 0 Å². The lowest BCUT2D eigenvalue weighted by atomic mass is 10.2. The fourth-order valence-electron chi connectivity index (χ4n) is 1.43. The number of hydrogen-bond acceptors (Lipinski definition) is 4. The van der Waals surface area contributed by atoms with Gasteiger partial charge in [0.05, 0.1) is 13.2 Å². The first kappa shape index (κ1) is 17.2. The predicted octanol–water partition coefficient (Wildman–Crippen LogP) is -0.715. The molecule has 0 aromatic heterocycles. The van der Waals surface area contributed by atoms with Crippen LogP contribution in [0.15, 0.2) is 0 Å². The van der Waals surface area contributed by atoms with Gasteiger partial charge in [-0.05, 0) is 0 Å². The lowest BCUT2D eigenvalue weighted by Gasteiger charge is -2.22. The number of amides is 2. The summed E-state index contributed by atoms with van der Waals surface area (Å²) in [6.45, 7) is 6.31. The number of hydrogen-bond donors (Lipinski definition) is 3. The topological polar surface area (TPSA) is 79.5 Å². The number of morpholine rings is 1. The first-order chi connectivity index (χ1) is 8.11. The smallest absolute Gasteiger partial charge is 0.239 e. The Kier molecular flexibility index (Phi) is 8.70. The van der Waals surface area contributed by atoms with Gasteiger partial charge in [0.2, 0.25) is 11.8 Å². The molecule has 0 aromatic carbocycles. The summed E-state index contributed by atoms with van der Waals surface area (Å²) in [6.07, 6.45) is 0. The number of ether oxygens (including phenoxy) is 1. The summed E-state index contributed by atoms with van der Waals surface area (Å²) in [4.78, 5) is 22.8. The van der Waals surface area contributed by atoms with Crippen molar-refractivity contribution in [3.8, 4) is 0 Å². The van der Waals surface area contributed by atoms with Gasteiger partial charge in [-0.2, -0.15) is 0 Å². The van der Waals surface area contributed by atoms with Gasteiger partial charge in [-0.3, -0.25) is 9.59 Å². The van der Waals surface area contributed by atoms with Gasteiger partial charge in [0.25, 0.3) is 0 Å². The quantitative estimate of drug-likeness (QED) is 0.581. The van der Waals surface area contributed by atoms with Crippen molar-refractivity contribution in [3.63, 3.8) is 0 Å². The lowest BCUT2D eigenvalue weighted by molar-refractivity contribution is -0.127. The van der Waals surface area contributed by atoms with Crippen LogP contribution in [0.1, 0.15) is 13.8 Å². The van der Waals surface area contributed by atoms with Crippen molar-refractivity contribution in [2.75, 3.05) is 32.8 Å². The first-order valence-corrected chi connectivity index (χ1v) is 5.98. The molecule has 0 spiro atoms. The van der Waals surface area contributed by atoms with Crippen molar-refractivity contribution in [1.29, 1.82) is 0 Å². The number of halogens is 1. The Morgan fingerprint density at radius 2 is 2.00 bits per heavy atom. The van der Waals surface area contributed by atoms with E-state index in [1.165, 1.54) is 0 Å². The second kappa shape index (κ2) is 9.13. The average molecular weight is 280 g/mol. The Hall–Kier alpha value is -0.850. The number of rotatable bonds is 5. The molecule has 1 fully saturated rings. The van der Waals surface area contributed by atoms with Gasteiger partial charge < -0.3 is 20.7 Å². The molecule has 7 heteroatoms. The van der Waals surface area contributed by atoms with Gasteiger partial charge in [0, 0.05) is 25.6 Å². The van der Waals surface area contributed by atoms with Gasteiger partial charge >= 0.3 is 0 Å². The van der Waals surface area contributed by atoms with Gasteiger partial charge in [-0.1, -0.05) is 13.8 Å². The maximum absolute atomic E-state index is 11.6. The number of carbonyl (C=O) groups is 2. The largest absolute Gasteiger partial charge is 0.378 e. The minimum atomic E-state index is -0.274. The summed E-state index contributed by atoms with van der Waals surface area (Å²) < 4.78 is 5.19. The fourth-order valence-corrected chi connectivity index (χ4v) is 1.43. The predicted molar refractivity (Wildman–Crippen MR) is 70.7 cm³/mol. The van der Waals surface area contributed by atoms with Crippen LogP contribution in [0, 0.1) is 5.92 Å². The van der Waals surface area contributed by atoms with Crippen molar-refractivity contribution in [2.24, 2.45) is 5.92 Å². The molecule has 1 saturated heterocycles. The third-order valence-electron chi connectivity index (χ3n) is 2.49. The van der Waals surface area contributed by atoms with Crippen LogP contribution in [-0.2, 0) is 14.3 Å². The SMILES string of the molecule is CC(C)C(=O)NCCNC(=O)C1COCCN1.Cl. The Bertz CT molecular complexity index is 268. The molecule has 106 valence electrons. The van der Waals surface area contributed by atoms with Crippen molar-refractivity contribution in [2.45, 2.75) is 19.9 Å². The van der Waals surface area contributed by atoms with Gasteiger partial charge in [-0.25, -0.2) is 0 Å². The minimum absolute atomic E-state index is 0. The number of nitrogens with one attached hydrogen (secondary N) is 3. The molecular formula is C11H22ClN3O3. The summed E-state index contributed by atoms with van der Waals surface area (Å²) in [6, 6.07) is -0.274. The lowest BCUT2D eigenvalue weighted by Crippen LogP contribution is -2.52. The Morgan fingerprint density at radius 1 is 1.33 bits per heavy atom. The van der Waals surface area contributed by atoms with E-state index in [0.717, 1.165) is 0 Å². The molecule has 1 rings (SSSR count). The van der Waals surface area contributed by atoms with Crippen LogP contribution in [0.3, 0.4) is 0 Å². The monoisotopic (exact) mass is 279 g/mol. The Labute approximate surface area is 114 Å². The van der Waals surface area contributed by atoms with E-state index < -0.39 is 0 Å². The molecule has 2 amide bonds. The van der Waals surface area contributed by atoms with E-state index in [-0.39, 0.29) is 36.2 Å². The van der Waals surface area contributed by atoms with E-state index in [9.17, 15) is 9.59 Å². The zero-order chi connectivity index (χ0) is 12.7. The maximum atomic E-state index is 11.6. The second-order valence-corrected chi connectivity index (χ2v) is 4.32. The fraction of sp³-hybridized carbons (Fsp3) is 0.818. The summed E-state index contributed by atoms with van der Waals surface area (Å²) in [5, 5.41) is 8.55. The third-order valence-corrected chi connectivity index (χ3v) is 2.49. The van der Waals surface area contributed by atoms with Gasteiger partial charge in [0.15, 0.2) is 0 Å². The van der Waals surface area contributed by atoms with Crippen molar-refractivity contribution >= 4 is 24.2 Å². The van der Waals surface area contributed by atoms with E-state index in [1.54, 1.807) is 0 Å².